The minimum Gasteiger partial charge on any atom is -0.459 e. The van der Waals surface area contributed by atoms with Crippen LogP contribution in [0.1, 0.15) is 53.1 Å². The van der Waals surface area contributed by atoms with Gasteiger partial charge in [-0.2, -0.15) is 0 Å². The van der Waals surface area contributed by atoms with Gasteiger partial charge in [0, 0.05) is 44.1 Å². The van der Waals surface area contributed by atoms with Crippen LogP contribution in [0.15, 0.2) is 41.1 Å². The predicted octanol–water partition coefficient (Wildman–Crippen LogP) is 3.02. The smallest absolute Gasteiger partial charge is 0.289 e. The molecule has 2 aliphatic rings. The summed E-state index contributed by atoms with van der Waals surface area (Å²) in [5.74, 6) is 0.120. The second kappa shape index (κ2) is 8.46. The van der Waals surface area contributed by atoms with Gasteiger partial charge >= 0.3 is 0 Å². The zero-order valence-electron chi connectivity index (χ0n) is 16.0. The van der Waals surface area contributed by atoms with Crippen molar-refractivity contribution < 1.29 is 14.0 Å². The van der Waals surface area contributed by atoms with Gasteiger partial charge in [0.25, 0.3) is 11.8 Å². The summed E-state index contributed by atoms with van der Waals surface area (Å²) in [5, 5.41) is 3.54. The average molecular weight is 382 g/mol. The van der Waals surface area contributed by atoms with E-state index in [-0.39, 0.29) is 11.8 Å². The number of carbonyl (C=O) groups is 2. The van der Waals surface area contributed by atoms with Crippen molar-refractivity contribution in [2.45, 2.75) is 38.1 Å². The van der Waals surface area contributed by atoms with Crippen LogP contribution >= 0.6 is 0 Å². The fraction of sp³-hybridized carbons (Fsp3) is 0.476. The summed E-state index contributed by atoms with van der Waals surface area (Å²) in [6.07, 6.45) is 9.37. The number of anilines is 1. The van der Waals surface area contributed by atoms with Crippen LogP contribution in [0.5, 0.6) is 0 Å². The number of amides is 2. The number of hydrogen-bond donors (Lipinski definition) is 1. The first-order valence-corrected chi connectivity index (χ1v) is 10.1. The standard InChI is InChI=1S/C21H26N4O3/c26-20(18-15-17(8-9-22-18)23-16-5-2-1-3-6-16)24-10-12-25(13-11-24)21(27)19-7-4-14-28-19/h4,7-9,14-16H,1-3,5-6,10-13H2,(H,22,23). The molecule has 1 aliphatic carbocycles. The highest BCUT2D eigenvalue weighted by atomic mass is 16.3. The molecule has 0 unspecified atom stereocenters. The van der Waals surface area contributed by atoms with Crippen molar-refractivity contribution in [1.29, 1.82) is 0 Å². The first kappa shape index (κ1) is 18.5. The third-order valence-corrected chi connectivity index (χ3v) is 5.54. The fourth-order valence-corrected chi connectivity index (χ4v) is 3.95. The van der Waals surface area contributed by atoms with Gasteiger partial charge < -0.3 is 19.5 Å². The van der Waals surface area contributed by atoms with E-state index in [2.05, 4.69) is 10.3 Å². The summed E-state index contributed by atoms with van der Waals surface area (Å²) in [5.41, 5.74) is 1.41. The van der Waals surface area contributed by atoms with E-state index in [1.54, 1.807) is 28.1 Å². The molecule has 148 valence electrons. The Balaban J connectivity index is 1.34. The first-order valence-electron chi connectivity index (χ1n) is 10.1. The molecule has 2 aromatic rings. The van der Waals surface area contributed by atoms with Crippen molar-refractivity contribution in [2.24, 2.45) is 0 Å². The molecule has 7 heteroatoms. The average Bonchev–Trinajstić information content (AvgIpc) is 3.29. The molecule has 2 aromatic heterocycles. The summed E-state index contributed by atoms with van der Waals surface area (Å²) >= 11 is 0. The van der Waals surface area contributed by atoms with Crippen molar-refractivity contribution in [2.75, 3.05) is 31.5 Å². The van der Waals surface area contributed by atoms with Gasteiger partial charge in [-0.1, -0.05) is 19.3 Å². The van der Waals surface area contributed by atoms with E-state index in [1.807, 2.05) is 12.1 Å². The molecule has 0 bridgehead atoms. The molecule has 0 radical (unpaired) electrons. The van der Waals surface area contributed by atoms with Crippen LogP contribution in [0, 0.1) is 0 Å². The molecule has 0 atom stereocenters. The summed E-state index contributed by atoms with van der Waals surface area (Å²) in [7, 11) is 0. The van der Waals surface area contributed by atoms with Gasteiger partial charge in [-0.15, -0.1) is 0 Å². The van der Waals surface area contributed by atoms with E-state index in [1.165, 1.54) is 38.4 Å². The lowest BCUT2D eigenvalue weighted by molar-refractivity contribution is 0.0515. The van der Waals surface area contributed by atoms with Gasteiger partial charge in [-0.05, 0) is 37.1 Å². The fourth-order valence-electron chi connectivity index (χ4n) is 3.95. The number of rotatable bonds is 4. The van der Waals surface area contributed by atoms with Gasteiger partial charge in [0.15, 0.2) is 5.76 Å². The third-order valence-electron chi connectivity index (χ3n) is 5.54. The van der Waals surface area contributed by atoms with Crippen LogP contribution in [0.4, 0.5) is 5.69 Å². The molecule has 28 heavy (non-hydrogen) atoms. The number of nitrogens with zero attached hydrogens (tertiary/aromatic N) is 3. The molecule has 0 aromatic carbocycles. The van der Waals surface area contributed by atoms with Gasteiger partial charge in [0.05, 0.1) is 6.26 Å². The highest BCUT2D eigenvalue weighted by Gasteiger charge is 2.27. The predicted molar refractivity (Wildman–Crippen MR) is 105 cm³/mol. The van der Waals surface area contributed by atoms with Crippen LogP contribution < -0.4 is 5.32 Å². The summed E-state index contributed by atoms with van der Waals surface area (Å²) in [4.78, 5) is 33.0. The molecule has 1 saturated heterocycles. The largest absolute Gasteiger partial charge is 0.459 e. The van der Waals surface area contributed by atoms with E-state index in [4.69, 9.17) is 4.42 Å². The lowest BCUT2D eigenvalue weighted by Gasteiger charge is -2.34. The van der Waals surface area contributed by atoms with Gasteiger partial charge in [0.1, 0.15) is 5.69 Å². The Kier molecular flexibility index (Phi) is 5.60. The number of nitrogens with one attached hydrogen (secondary N) is 1. The number of piperazine rings is 1. The monoisotopic (exact) mass is 382 g/mol. The molecule has 7 nitrogen and oxygen atoms in total. The molecule has 2 amide bonds. The lowest BCUT2D eigenvalue weighted by Crippen LogP contribution is -2.50. The quantitative estimate of drug-likeness (QED) is 0.879. The molecule has 1 aliphatic heterocycles. The number of carbonyl (C=O) groups excluding carboxylic acids is 2. The van der Waals surface area contributed by atoms with Crippen LogP contribution in [0.2, 0.25) is 0 Å². The zero-order valence-corrected chi connectivity index (χ0v) is 16.0. The topological polar surface area (TPSA) is 78.7 Å². The summed E-state index contributed by atoms with van der Waals surface area (Å²) in [6.45, 7) is 1.97. The third kappa shape index (κ3) is 4.18. The molecular formula is C21H26N4O3. The SMILES string of the molecule is O=C(c1cc(NC2CCCCC2)ccn1)N1CCN(C(=O)c2ccco2)CC1. The maximum absolute atomic E-state index is 12.9. The van der Waals surface area contributed by atoms with Crippen LogP contribution in [0.3, 0.4) is 0 Å². The summed E-state index contributed by atoms with van der Waals surface area (Å²) in [6, 6.07) is 7.61. The van der Waals surface area contributed by atoms with Crippen LogP contribution in [-0.2, 0) is 0 Å². The van der Waals surface area contributed by atoms with Gasteiger partial charge in [-0.25, -0.2) is 0 Å². The highest BCUT2D eigenvalue weighted by molar-refractivity contribution is 5.94. The Morgan fingerprint density at radius 1 is 1.00 bits per heavy atom. The van der Waals surface area contributed by atoms with E-state index in [0.717, 1.165) is 5.69 Å². The normalized spacial score (nSPS) is 18.1. The molecule has 0 spiro atoms. The number of pyridine rings is 1. The van der Waals surface area contributed by atoms with Crippen molar-refractivity contribution in [3.05, 3.63) is 48.2 Å². The Labute approximate surface area is 164 Å². The molecule has 2 fully saturated rings. The van der Waals surface area contributed by atoms with Crippen molar-refractivity contribution in [3.63, 3.8) is 0 Å². The first-order chi connectivity index (χ1) is 13.7. The molecular weight excluding hydrogens is 356 g/mol. The highest BCUT2D eigenvalue weighted by Crippen LogP contribution is 2.22. The molecule has 1 N–H and O–H groups in total. The van der Waals surface area contributed by atoms with Gasteiger partial charge in [0.2, 0.25) is 0 Å². The molecule has 4 rings (SSSR count). The van der Waals surface area contributed by atoms with E-state index < -0.39 is 0 Å². The van der Waals surface area contributed by atoms with Crippen LogP contribution in [-0.4, -0.2) is 58.8 Å². The Bertz CT molecular complexity index is 807. The van der Waals surface area contributed by atoms with E-state index in [9.17, 15) is 9.59 Å². The van der Waals surface area contributed by atoms with Crippen molar-refractivity contribution in [3.8, 4) is 0 Å². The minimum atomic E-state index is -0.131. The second-order valence-electron chi connectivity index (χ2n) is 7.47. The number of aromatic nitrogens is 1. The Morgan fingerprint density at radius 3 is 2.39 bits per heavy atom. The number of hydrogen-bond acceptors (Lipinski definition) is 5. The van der Waals surface area contributed by atoms with Crippen LogP contribution in [0.25, 0.3) is 0 Å². The minimum absolute atomic E-state index is 0.0857. The molecule has 3 heterocycles. The van der Waals surface area contributed by atoms with Gasteiger partial charge in [-0.3, -0.25) is 14.6 Å². The second-order valence-corrected chi connectivity index (χ2v) is 7.47. The van der Waals surface area contributed by atoms with E-state index >= 15 is 0 Å². The summed E-state index contributed by atoms with van der Waals surface area (Å²) < 4.78 is 5.18. The Hall–Kier alpha value is -2.83. The van der Waals surface area contributed by atoms with Crippen molar-refractivity contribution in [1.82, 2.24) is 14.8 Å². The van der Waals surface area contributed by atoms with E-state index in [0.29, 0.717) is 43.7 Å². The maximum atomic E-state index is 12.9. The lowest BCUT2D eigenvalue weighted by atomic mass is 9.95. The van der Waals surface area contributed by atoms with Crippen molar-refractivity contribution >= 4 is 17.5 Å². The number of furan rings is 1. The molecule has 1 saturated carbocycles. The maximum Gasteiger partial charge on any atom is 0.289 e. The zero-order chi connectivity index (χ0) is 19.3. The Morgan fingerprint density at radius 2 is 1.71 bits per heavy atom.